The van der Waals surface area contributed by atoms with Gasteiger partial charge in [-0.1, -0.05) is 46.9 Å². The van der Waals surface area contributed by atoms with Crippen LogP contribution in [0.3, 0.4) is 0 Å². The summed E-state index contributed by atoms with van der Waals surface area (Å²) in [4.78, 5) is 19.9. The van der Waals surface area contributed by atoms with E-state index in [1.54, 1.807) is 48.5 Å². The fraction of sp³-hybridized carbons (Fsp3) is 0.0400. The zero-order chi connectivity index (χ0) is 23.8. The Balaban J connectivity index is 1.69. The van der Waals surface area contributed by atoms with Crippen molar-refractivity contribution in [2.75, 3.05) is 6.79 Å². The van der Waals surface area contributed by atoms with Gasteiger partial charge < -0.3 is 19.6 Å². The Bertz CT molecular complexity index is 1450. The number of hydrogen-bond acceptors (Lipinski definition) is 4. The number of carbonyl (C=O) groups is 1. The molecule has 2 N–H and O–H groups in total. The molecule has 9 heteroatoms. The molecule has 0 saturated carbocycles. The average Bonchev–Trinajstić information content (AvgIpc) is 3.46. The van der Waals surface area contributed by atoms with Crippen molar-refractivity contribution in [1.29, 1.82) is 0 Å². The molecule has 34 heavy (non-hydrogen) atoms. The number of aliphatic carboxylic acids is 1. The van der Waals surface area contributed by atoms with E-state index in [-0.39, 0.29) is 12.4 Å². The number of carboxylic acids is 1. The van der Waals surface area contributed by atoms with Crippen molar-refractivity contribution in [3.05, 3.63) is 87.1 Å². The molecule has 5 rings (SSSR count). The van der Waals surface area contributed by atoms with E-state index in [9.17, 15) is 9.90 Å². The number of halogens is 3. The molecular weight excluding hydrogens is 499 g/mol. The lowest BCUT2D eigenvalue weighted by Crippen LogP contribution is -2.00. The van der Waals surface area contributed by atoms with Crippen LogP contribution in [-0.4, -0.2) is 27.8 Å². The van der Waals surface area contributed by atoms with E-state index in [4.69, 9.17) is 44.3 Å². The van der Waals surface area contributed by atoms with E-state index in [1.807, 2.05) is 12.1 Å². The number of hydrogen-bond donors (Lipinski definition) is 2. The Hall–Kier alpha value is -3.45. The van der Waals surface area contributed by atoms with Crippen molar-refractivity contribution in [1.82, 2.24) is 9.97 Å². The highest BCUT2D eigenvalue weighted by molar-refractivity contribution is 6.35. The first-order valence-electron chi connectivity index (χ1n) is 10.1. The lowest BCUT2D eigenvalue weighted by Gasteiger charge is -2.07. The van der Waals surface area contributed by atoms with Gasteiger partial charge in [-0.15, -0.1) is 0 Å². The van der Waals surface area contributed by atoms with Crippen molar-refractivity contribution in [2.24, 2.45) is 0 Å². The van der Waals surface area contributed by atoms with Crippen LogP contribution in [0.15, 0.2) is 60.7 Å². The summed E-state index contributed by atoms with van der Waals surface area (Å²) in [6.45, 7) is 0.145. The topological polar surface area (TPSA) is 84.4 Å². The van der Waals surface area contributed by atoms with Crippen LogP contribution in [-0.2, 0) is 4.79 Å². The first-order chi connectivity index (χ1) is 16.4. The first kappa shape index (κ1) is 22.3. The number of ether oxygens (including phenoxy) is 2. The molecule has 1 aliphatic heterocycles. The maximum Gasteiger partial charge on any atom is 0.336 e. The number of benzene rings is 3. The maximum absolute atomic E-state index is 12.0. The largest absolute Gasteiger partial charge is 0.478 e. The van der Waals surface area contributed by atoms with Crippen LogP contribution in [0.2, 0.25) is 15.1 Å². The van der Waals surface area contributed by atoms with Crippen molar-refractivity contribution in [2.45, 2.75) is 0 Å². The first-order valence-corrected chi connectivity index (χ1v) is 11.2. The van der Waals surface area contributed by atoms with E-state index in [1.165, 1.54) is 6.08 Å². The van der Waals surface area contributed by atoms with E-state index in [2.05, 4.69) is 9.97 Å². The molecule has 0 aliphatic carbocycles. The highest BCUT2D eigenvalue weighted by Crippen LogP contribution is 2.40. The maximum atomic E-state index is 12.0. The molecule has 4 aromatic rings. The SMILES string of the molecule is O=C(O)/C(=C\c1nc(-c2cc(Cl)ccc2Cl)c(-c2ccc3c(c2)OCO3)[nH]1)c1ccc(Cl)cc1. The summed E-state index contributed by atoms with van der Waals surface area (Å²) in [5.41, 5.74) is 3.02. The summed E-state index contributed by atoms with van der Waals surface area (Å²) >= 11 is 18.7. The number of aromatic amines is 1. The predicted molar refractivity (Wildman–Crippen MR) is 133 cm³/mol. The lowest BCUT2D eigenvalue weighted by molar-refractivity contribution is -0.130. The highest BCUT2D eigenvalue weighted by atomic mass is 35.5. The Kier molecular flexibility index (Phi) is 5.96. The fourth-order valence-corrected chi connectivity index (χ4v) is 4.13. The van der Waals surface area contributed by atoms with Gasteiger partial charge in [0.2, 0.25) is 6.79 Å². The van der Waals surface area contributed by atoms with Crippen molar-refractivity contribution in [3.63, 3.8) is 0 Å². The van der Waals surface area contributed by atoms with Crippen molar-refractivity contribution in [3.8, 4) is 34.0 Å². The highest BCUT2D eigenvalue weighted by Gasteiger charge is 2.21. The standard InChI is InChI=1S/C25H15Cl3N2O4/c26-15-4-1-13(2-5-15)17(25(31)32)11-22-29-23(14-3-8-20-21(9-14)34-12-33-20)24(30-22)18-10-16(27)6-7-19(18)28/h1-11H,12H2,(H,29,30)(H,31,32)/b17-11-. The minimum atomic E-state index is -1.11. The van der Waals surface area contributed by atoms with Gasteiger partial charge in [0.1, 0.15) is 5.82 Å². The Morgan fingerprint density at radius 2 is 1.68 bits per heavy atom. The molecule has 170 valence electrons. The van der Waals surface area contributed by atoms with Crippen LogP contribution >= 0.6 is 34.8 Å². The Labute approximate surface area is 209 Å². The molecule has 1 aliphatic rings. The normalized spacial score (nSPS) is 12.7. The molecule has 0 unspecified atom stereocenters. The Morgan fingerprint density at radius 3 is 2.44 bits per heavy atom. The minimum Gasteiger partial charge on any atom is -0.478 e. The van der Waals surface area contributed by atoms with Crippen molar-refractivity contribution < 1.29 is 19.4 Å². The van der Waals surface area contributed by atoms with Gasteiger partial charge in [-0.3, -0.25) is 0 Å². The molecule has 0 fully saturated rings. The fourth-order valence-electron chi connectivity index (χ4n) is 3.63. The third kappa shape index (κ3) is 4.35. The summed E-state index contributed by atoms with van der Waals surface area (Å²) in [5.74, 6) is 0.457. The van der Waals surface area contributed by atoms with Gasteiger partial charge in [0.15, 0.2) is 11.5 Å². The van der Waals surface area contributed by atoms with Gasteiger partial charge in [0, 0.05) is 21.2 Å². The number of fused-ring (bicyclic) bond motifs is 1. The molecule has 0 radical (unpaired) electrons. The monoisotopic (exact) mass is 512 g/mol. The second kappa shape index (κ2) is 9.06. The van der Waals surface area contributed by atoms with Gasteiger partial charge in [-0.2, -0.15) is 0 Å². The molecule has 0 amide bonds. The molecule has 0 atom stereocenters. The summed E-state index contributed by atoms with van der Waals surface area (Å²) < 4.78 is 10.9. The summed E-state index contributed by atoms with van der Waals surface area (Å²) in [6, 6.07) is 17.1. The lowest BCUT2D eigenvalue weighted by atomic mass is 10.0. The zero-order valence-electron chi connectivity index (χ0n) is 17.3. The summed E-state index contributed by atoms with van der Waals surface area (Å²) in [5, 5.41) is 11.3. The molecule has 6 nitrogen and oxygen atoms in total. The van der Waals surface area contributed by atoms with Crippen LogP contribution in [0.1, 0.15) is 11.4 Å². The minimum absolute atomic E-state index is 0.0476. The van der Waals surface area contributed by atoms with E-state index >= 15 is 0 Å². The molecule has 2 heterocycles. The van der Waals surface area contributed by atoms with Gasteiger partial charge in [0.25, 0.3) is 0 Å². The number of aromatic nitrogens is 2. The van der Waals surface area contributed by atoms with E-state index < -0.39 is 5.97 Å². The van der Waals surface area contributed by atoms with Crippen LogP contribution < -0.4 is 9.47 Å². The van der Waals surface area contributed by atoms with Crippen LogP contribution in [0.4, 0.5) is 0 Å². The zero-order valence-corrected chi connectivity index (χ0v) is 19.6. The van der Waals surface area contributed by atoms with E-state index in [0.717, 1.165) is 5.56 Å². The molecule has 1 aromatic heterocycles. The van der Waals surface area contributed by atoms with Gasteiger partial charge in [0.05, 0.1) is 22.0 Å². The molecular formula is C25H15Cl3N2O4. The summed E-state index contributed by atoms with van der Waals surface area (Å²) in [6.07, 6.45) is 1.46. The molecule has 0 saturated heterocycles. The summed E-state index contributed by atoms with van der Waals surface area (Å²) in [7, 11) is 0. The van der Waals surface area contributed by atoms with Crippen molar-refractivity contribution >= 4 is 52.4 Å². The van der Waals surface area contributed by atoms with Crippen LogP contribution in [0, 0.1) is 0 Å². The number of H-pyrrole nitrogens is 1. The van der Waals surface area contributed by atoms with Crippen LogP contribution in [0.5, 0.6) is 11.5 Å². The van der Waals surface area contributed by atoms with Gasteiger partial charge >= 0.3 is 5.97 Å². The number of imidazole rings is 1. The molecule has 0 spiro atoms. The number of rotatable bonds is 5. The van der Waals surface area contributed by atoms with Gasteiger partial charge in [-0.05, 0) is 60.2 Å². The Morgan fingerprint density at radius 1 is 0.941 bits per heavy atom. The quantitative estimate of drug-likeness (QED) is 0.279. The van der Waals surface area contributed by atoms with Gasteiger partial charge in [-0.25, -0.2) is 9.78 Å². The third-order valence-electron chi connectivity index (χ3n) is 5.23. The van der Waals surface area contributed by atoms with Crippen LogP contribution in [0.25, 0.3) is 34.2 Å². The molecule has 0 bridgehead atoms. The van der Waals surface area contributed by atoms with E-state index in [0.29, 0.717) is 54.9 Å². The third-order valence-corrected chi connectivity index (χ3v) is 6.05. The predicted octanol–water partition coefficient (Wildman–Crippen LogP) is 7.06. The second-order valence-electron chi connectivity index (χ2n) is 7.41. The number of nitrogens with one attached hydrogen (secondary N) is 1. The second-order valence-corrected chi connectivity index (χ2v) is 8.69. The smallest absolute Gasteiger partial charge is 0.336 e. The molecule has 3 aromatic carbocycles. The average molecular weight is 514 g/mol. The number of nitrogens with zero attached hydrogens (tertiary/aromatic N) is 1. The number of carboxylic acid groups (broad SMARTS) is 1.